The zero-order valence-corrected chi connectivity index (χ0v) is 19.2. The van der Waals surface area contributed by atoms with E-state index in [1.54, 1.807) is 0 Å². The first-order valence-corrected chi connectivity index (χ1v) is 11.5. The Morgan fingerprint density at radius 1 is 1.03 bits per heavy atom. The Hall–Kier alpha value is -3.97. The third-order valence-electron chi connectivity index (χ3n) is 6.14. The quantitative estimate of drug-likeness (QED) is 0.391. The summed E-state index contributed by atoms with van der Waals surface area (Å²) in [6.07, 6.45) is 1.53. The van der Waals surface area contributed by atoms with Crippen molar-refractivity contribution in [2.75, 3.05) is 6.54 Å². The third-order valence-corrected chi connectivity index (χ3v) is 6.14. The van der Waals surface area contributed by atoms with Crippen molar-refractivity contribution in [2.45, 2.75) is 33.2 Å². The van der Waals surface area contributed by atoms with Gasteiger partial charge in [0.15, 0.2) is 0 Å². The van der Waals surface area contributed by atoms with Gasteiger partial charge in [-0.25, -0.2) is 9.78 Å². The second-order valence-electron chi connectivity index (χ2n) is 8.32. The van der Waals surface area contributed by atoms with Gasteiger partial charge in [-0.3, -0.25) is 4.79 Å². The molecular formula is C27H26N4O3. The number of nitrogens with two attached hydrogens (primary N) is 1. The van der Waals surface area contributed by atoms with Crippen LogP contribution in [-0.2, 0) is 17.8 Å². The summed E-state index contributed by atoms with van der Waals surface area (Å²) >= 11 is 0. The normalized spacial score (nSPS) is 11.5. The highest BCUT2D eigenvalue weighted by atomic mass is 16.7. The lowest BCUT2D eigenvalue weighted by Gasteiger charge is -2.13. The molecule has 7 nitrogen and oxygen atoms in total. The molecule has 0 aliphatic heterocycles. The first kappa shape index (κ1) is 21.9. The lowest BCUT2D eigenvalue weighted by atomic mass is 10.1. The van der Waals surface area contributed by atoms with Crippen molar-refractivity contribution in [3.63, 3.8) is 0 Å². The summed E-state index contributed by atoms with van der Waals surface area (Å²) in [7, 11) is 0. The number of nitrogens with zero attached hydrogens (tertiary/aromatic N) is 3. The van der Waals surface area contributed by atoms with Gasteiger partial charge < -0.3 is 15.1 Å². The first-order chi connectivity index (χ1) is 16.5. The van der Waals surface area contributed by atoms with Crippen LogP contribution in [0, 0.1) is 0 Å². The molecule has 0 bridgehead atoms. The molecule has 5 rings (SSSR count). The van der Waals surface area contributed by atoms with E-state index in [1.165, 1.54) is 6.92 Å². The summed E-state index contributed by atoms with van der Waals surface area (Å²) in [6.45, 7) is 4.67. The van der Waals surface area contributed by atoms with E-state index in [1.807, 2.05) is 60.7 Å². The summed E-state index contributed by atoms with van der Waals surface area (Å²) in [4.78, 5) is 36.0. The van der Waals surface area contributed by atoms with E-state index in [2.05, 4.69) is 11.5 Å². The Morgan fingerprint density at radius 3 is 2.44 bits per heavy atom. The minimum absolute atomic E-state index is 0.267. The monoisotopic (exact) mass is 454 g/mol. The molecule has 0 spiro atoms. The highest BCUT2D eigenvalue weighted by Gasteiger charge is 2.23. The van der Waals surface area contributed by atoms with Gasteiger partial charge in [-0.05, 0) is 48.4 Å². The molecule has 2 heterocycles. The van der Waals surface area contributed by atoms with Crippen LogP contribution in [-0.4, -0.2) is 26.8 Å². The van der Waals surface area contributed by atoms with Gasteiger partial charge in [-0.1, -0.05) is 49.4 Å². The standard InChI is InChI=1S/C27H26N4O3/c1-3-22-25(20-11-6-7-12-23(20)30(22)14-8-13-28)26-27(33)31(34-17(2)32)24-16-19-10-5-4-9-18(19)15-21(24)29-26/h4-7,9-12,15-16H,3,8,13-14,28H2,1-2H3. The van der Waals surface area contributed by atoms with Crippen molar-refractivity contribution in [1.29, 1.82) is 0 Å². The smallest absolute Gasteiger partial charge is 0.330 e. The van der Waals surface area contributed by atoms with Crippen LogP contribution >= 0.6 is 0 Å². The fourth-order valence-electron chi connectivity index (χ4n) is 4.72. The van der Waals surface area contributed by atoms with Crippen molar-refractivity contribution < 1.29 is 9.63 Å². The van der Waals surface area contributed by atoms with Crippen molar-refractivity contribution in [3.05, 3.63) is 76.7 Å². The van der Waals surface area contributed by atoms with E-state index in [-0.39, 0.29) is 5.69 Å². The predicted molar refractivity (Wildman–Crippen MR) is 135 cm³/mol. The number of hydrogen-bond donors (Lipinski definition) is 1. The summed E-state index contributed by atoms with van der Waals surface area (Å²) in [5.74, 6) is -0.574. The minimum Gasteiger partial charge on any atom is -0.344 e. The molecule has 0 amide bonds. The van der Waals surface area contributed by atoms with Crippen LogP contribution in [0.15, 0.2) is 65.5 Å². The molecule has 0 saturated heterocycles. The molecule has 172 valence electrons. The lowest BCUT2D eigenvalue weighted by Crippen LogP contribution is -2.32. The second kappa shape index (κ2) is 8.76. The third kappa shape index (κ3) is 3.54. The Morgan fingerprint density at radius 2 is 1.74 bits per heavy atom. The molecule has 0 aliphatic carbocycles. The highest BCUT2D eigenvalue weighted by molar-refractivity contribution is 6.00. The van der Waals surface area contributed by atoms with Crippen LogP contribution in [0.3, 0.4) is 0 Å². The maximum atomic E-state index is 13.8. The summed E-state index contributed by atoms with van der Waals surface area (Å²) < 4.78 is 3.30. The average molecular weight is 455 g/mol. The predicted octanol–water partition coefficient (Wildman–Crippen LogP) is 4.06. The molecule has 2 aromatic heterocycles. The number of aromatic nitrogens is 3. The van der Waals surface area contributed by atoms with Crippen LogP contribution in [0.1, 0.15) is 26.0 Å². The van der Waals surface area contributed by atoms with Gasteiger partial charge in [0.05, 0.1) is 5.52 Å². The van der Waals surface area contributed by atoms with Crippen molar-refractivity contribution in [3.8, 4) is 11.3 Å². The average Bonchev–Trinajstić information content (AvgIpc) is 3.16. The molecule has 3 aromatic carbocycles. The van der Waals surface area contributed by atoms with Gasteiger partial charge in [0, 0.05) is 35.6 Å². The van der Waals surface area contributed by atoms with E-state index in [0.29, 0.717) is 24.0 Å². The molecule has 2 N–H and O–H groups in total. The van der Waals surface area contributed by atoms with Crippen LogP contribution in [0.4, 0.5) is 0 Å². The molecule has 5 aromatic rings. The molecular weight excluding hydrogens is 428 g/mol. The number of rotatable bonds is 6. The topological polar surface area (TPSA) is 92.1 Å². The van der Waals surface area contributed by atoms with Crippen LogP contribution < -0.4 is 16.1 Å². The fourth-order valence-corrected chi connectivity index (χ4v) is 4.72. The molecule has 0 atom stereocenters. The van der Waals surface area contributed by atoms with Crippen molar-refractivity contribution >= 4 is 38.7 Å². The van der Waals surface area contributed by atoms with E-state index in [9.17, 15) is 9.59 Å². The van der Waals surface area contributed by atoms with E-state index in [4.69, 9.17) is 15.6 Å². The second-order valence-corrected chi connectivity index (χ2v) is 8.32. The number of hydrogen-bond acceptors (Lipinski definition) is 5. The maximum absolute atomic E-state index is 13.8. The highest BCUT2D eigenvalue weighted by Crippen LogP contribution is 2.34. The number of carbonyl (C=O) groups excluding carboxylic acids is 1. The molecule has 34 heavy (non-hydrogen) atoms. The van der Waals surface area contributed by atoms with E-state index < -0.39 is 11.5 Å². The number of para-hydroxylation sites is 1. The Bertz CT molecular complexity index is 1610. The number of carbonyl (C=O) groups is 1. The Labute approximate surface area is 196 Å². The molecule has 7 heteroatoms. The van der Waals surface area contributed by atoms with Gasteiger partial charge >= 0.3 is 11.5 Å². The summed E-state index contributed by atoms with van der Waals surface area (Å²) in [5.41, 5.74) is 9.45. The zero-order valence-electron chi connectivity index (χ0n) is 19.2. The SMILES string of the molecule is CCc1c(-c2nc3cc4ccccc4cc3n(OC(C)=O)c2=O)c2ccccc2n1CCCN. The molecule has 0 fully saturated rings. The molecule has 0 unspecified atom stereocenters. The zero-order chi connectivity index (χ0) is 23.8. The summed E-state index contributed by atoms with van der Waals surface area (Å²) in [5, 5.41) is 2.86. The van der Waals surface area contributed by atoms with Gasteiger partial charge in [0.2, 0.25) is 0 Å². The number of benzene rings is 3. The van der Waals surface area contributed by atoms with Crippen LogP contribution in [0.5, 0.6) is 0 Å². The minimum atomic E-state index is -0.574. The maximum Gasteiger partial charge on any atom is 0.330 e. The van der Waals surface area contributed by atoms with Crippen LogP contribution in [0.2, 0.25) is 0 Å². The van der Waals surface area contributed by atoms with Crippen molar-refractivity contribution in [1.82, 2.24) is 14.3 Å². The largest absolute Gasteiger partial charge is 0.344 e. The first-order valence-electron chi connectivity index (χ1n) is 11.5. The molecule has 0 radical (unpaired) electrons. The number of aryl methyl sites for hydroxylation is 1. The van der Waals surface area contributed by atoms with Crippen molar-refractivity contribution in [2.24, 2.45) is 5.73 Å². The van der Waals surface area contributed by atoms with Gasteiger partial charge in [-0.2, -0.15) is 0 Å². The summed E-state index contributed by atoms with van der Waals surface area (Å²) in [6, 6.07) is 19.6. The van der Waals surface area contributed by atoms with Crippen LogP contribution in [0.25, 0.3) is 44.0 Å². The van der Waals surface area contributed by atoms with Gasteiger partial charge in [0.25, 0.3) is 0 Å². The fraction of sp³-hybridized carbons (Fsp3) is 0.222. The Balaban J connectivity index is 1.89. The molecule has 0 aliphatic rings. The van der Waals surface area contributed by atoms with E-state index in [0.717, 1.165) is 50.6 Å². The lowest BCUT2D eigenvalue weighted by molar-refractivity contribution is -0.141. The van der Waals surface area contributed by atoms with Gasteiger partial charge in [-0.15, -0.1) is 4.73 Å². The van der Waals surface area contributed by atoms with E-state index >= 15 is 0 Å². The van der Waals surface area contributed by atoms with Gasteiger partial charge in [0.1, 0.15) is 11.2 Å². The number of fused-ring (bicyclic) bond motifs is 3. The Kier molecular flexibility index (Phi) is 5.63. The molecule has 0 saturated carbocycles.